The average molecular weight is 378 g/mol. The van der Waals surface area contributed by atoms with E-state index in [2.05, 4.69) is 0 Å². The summed E-state index contributed by atoms with van der Waals surface area (Å²) in [5.41, 5.74) is 0.744. The Labute approximate surface area is 119 Å². The topological polar surface area (TPSA) is 46.5 Å². The maximum absolute atomic E-state index is 11.1. The van der Waals surface area contributed by atoms with E-state index in [0.717, 1.165) is 5.56 Å². The zero-order chi connectivity index (χ0) is 13.7. The second-order valence-electron chi connectivity index (χ2n) is 3.97. The molecular formula is C12H14Cl2O3Ru. The van der Waals surface area contributed by atoms with Crippen LogP contribution in [0.4, 0.5) is 0 Å². The number of aliphatic carboxylic acids is 1. The molecule has 1 unspecified atom stereocenters. The molecule has 0 saturated heterocycles. The van der Waals surface area contributed by atoms with E-state index in [9.17, 15) is 4.79 Å². The fourth-order valence-electron chi connectivity index (χ4n) is 1.36. The van der Waals surface area contributed by atoms with Crippen LogP contribution in [0, 0.1) is 5.92 Å². The summed E-state index contributed by atoms with van der Waals surface area (Å²) in [5, 5.41) is 9.10. The van der Waals surface area contributed by atoms with Gasteiger partial charge in [0.25, 0.3) is 0 Å². The van der Waals surface area contributed by atoms with Crippen LogP contribution in [0.3, 0.4) is 0 Å². The molecule has 18 heavy (non-hydrogen) atoms. The summed E-state index contributed by atoms with van der Waals surface area (Å²) in [7, 11) is 11.7. The van der Waals surface area contributed by atoms with Crippen molar-refractivity contribution in [2.24, 2.45) is 5.92 Å². The van der Waals surface area contributed by atoms with Gasteiger partial charge in [0.15, 0.2) is 0 Å². The van der Waals surface area contributed by atoms with Crippen molar-refractivity contribution in [3.05, 3.63) is 29.8 Å². The molecule has 0 aliphatic rings. The van der Waals surface area contributed by atoms with Gasteiger partial charge in [-0.15, -0.1) is 0 Å². The molecule has 0 spiro atoms. The third kappa shape index (κ3) is 4.68. The zero-order valence-electron chi connectivity index (χ0n) is 9.91. The van der Waals surface area contributed by atoms with E-state index in [-0.39, 0.29) is 5.92 Å². The number of hydrogen-bond acceptors (Lipinski definition) is 2. The van der Waals surface area contributed by atoms with Gasteiger partial charge in [-0.05, 0) is 0 Å². The number of halogens is 2. The van der Waals surface area contributed by atoms with Crippen LogP contribution >= 0.6 is 19.4 Å². The summed E-state index contributed by atoms with van der Waals surface area (Å²) in [6.45, 7) is 3.60. The number of ether oxygens (including phenoxy) is 1. The van der Waals surface area contributed by atoms with E-state index in [0.29, 0.717) is 5.75 Å². The predicted octanol–water partition coefficient (Wildman–Crippen LogP) is 3.25. The third-order valence-electron chi connectivity index (χ3n) is 2.21. The minimum absolute atomic E-state index is 0.129. The number of carboxylic acids is 1. The van der Waals surface area contributed by atoms with Crippen molar-refractivity contribution in [1.82, 2.24) is 0 Å². The summed E-state index contributed by atoms with van der Waals surface area (Å²) in [6, 6.07) is 7.14. The number of para-hydroxylation sites is 1. The first kappa shape index (κ1) is 15.6. The molecule has 0 aliphatic heterocycles. The van der Waals surface area contributed by atoms with Crippen LogP contribution in [0.2, 0.25) is 0 Å². The summed E-state index contributed by atoms with van der Waals surface area (Å²) in [4.78, 5) is 11.1. The third-order valence-corrected chi connectivity index (χ3v) is 4.04. The van der Waals surface area contributed by atoms with Gasteiger partial charge in [0.05, 0.1) is 0 Å². The van der Waals surface area contributed by atoms with Crippen molar-refractivity contribution < 1.29 is 28.2 Å². The molecule has 6 heteroatoms. The Kier molecular flexibility index (Phi) is 6.27. The van der Waals surface area contributed by atoms with Gasteiger partial charge in [-0.1, -0.05) is 0 Å². The van der Waals surface area contributed by atoms with Crippen molar-refractivity contribution in [2.75, 3.05) is 0 Å². The Bertz CT molecular complexity index is 456. The van der Waals surface area contributed by atoms with Crippen LogP contribution in [0.15, 0.2) is 24.3 Å². The second kappa shape index (κ2) is 7.23. The van der Waals surface area contributed by atoms with E-state index in [1.54, 1.807) is 36.7 Å². The monoisotopic (exact) mass is 378 g/mol. The molecule has 1 aromatic carbocycles. The molecule has 0 aromatic heterocycles. The van der Waals surface area contributed by atoms with Gasteiger partial charge in [-0.3, -0.25) is 0 Å². The van der Waals surface area contributed by atoms with E-state index in [1.807, 2.05) is 6.07 Å². The van der Waals surface area contributed by atoms with E-state index in [1.165, 1.54) is 0 Å². The molecular weight excluding hydrogens is 364 g/mol. The Balaban J connectivity index is 3.03. The number of carbonyl (C=O) groups is 1. The fourth-order valence-corrected chi connectivity index (χ4v) is 3.17. The van der Waals surface area contributed by atoms with Gasteiger partial charge in [-0.25, -0.2) is 0 Å². The Hall–Kier alpha value is -0.437. The van der Waals surface area contributed by atoms with Crippen LogP contribution in [-0.2, 0) is 18.3 Å². The van der Waals surface area contributed by atoms with Crippen LogP contribution < -0.4 is 4.74 Å². The van der Waals surface area contributed by atoms with Gasteiger partial charge >= 0.3 is 120 Å². The predicted molar refractivity (Wildman–Crippen MR) is 70.2 cm³/mol. The molecule has 1 atom stereocenters. The molecule has 0 heterocycles. The molecule has 1 rings (SSSR count). The first-order valence-corrected chi connectivity index (χ1v) is 10.7. The number of rotatable bonds is 5. The Morgan fingerprint density at radius 1 is 1.39 bits per heavy atom. The Morgan fingerprint density at radius 2 is 2.00 bits per heavy atom. The second-order valence-corrected chi connectivity index (χ2v) is 9.69. The number of benzene rings is 1. The zero-order valence-corrected chi connectivity index (χ0v) is 13.2. The van der Waals surface area contributed by atoms with Crippen molar-refractivity contribution in [3.63, 3.8) is 0 Å². The fraction of sp³-hybridized carbons (Fsp3) is 0.333. The summed E-state index contributed by atoms with van der Waals surface area (Å²) in [5.74, 6) is -0.611. The van der Waals surface area contributed by atoms with Crippen molar-refractivity contribution in [1.29, 1.82) is 0 Å². The molecule has 0 fully saturated rings. The molecule has 0 bridgehead atoms. The van der Waals surface area contributed by atoms with E-state index < -0.39 is 25.6 Å². The van der Waals surface area contributed by atoms with Crippen molar-refractivity contribution in [2.45, 2.75) is 20.0 Å². The summed E-state index contributed by atoms with van der Waals surface area (Å²) in [6.07, 6.45) is -0.883. The van der Waals surface area contributed by atoms with Gasteiger partial charge in [-0.2, -0.15) is 0 Å². The van der Waals surface area contributed by atoms with E-state index in [4.69, 9.17) is 29.2 Å². The molecule has 0 aliphatic carbocycles. The SMILES string of the molecule is CC(C)C(Oc1ccccc1[CH]=[Ru]([Cl])[Cl])C(=O)O. The van der Waals surface area contributed by atoms with Crippen molar-refractivity contribution >= 4 is 30.0 Å². The van der Waals surface area contributed by atoms with Crippen molar-refractivity contribution in [3.8, 4) is 5.75 Å². The molecule has 0 saturated carbocycles. The molecule has 1 N–H and O–H groups in total. The normalized spacial score (nSPS) is 13.1. The molecule has 102 valence electrons. The first-order valence-electron chi connectivity index (χ1n) is 5.23. The molecule has 3 nitrogen and oxygen atoms in total. The standard InChI is InChI=1S/C12H14O3.2ClH.Ru/c1-8(2)11(12(13)14)15-10-7-5-4-6-9(10)3;;;/h3-8,11H,1-2H3,(H,13,14);2*1H;/q;;;+2/p-2. The molecule has 1 aromatic rings. The van der Waals surface area contributed by atoms with Crippen LogP contribution in [0.5, 0.6) is 5.75 Å². The first-order chi connectivity index (χ1) is 8.41. The van der Waals surface area contributed by atoms with Gasteiger partial charge in [0.1, 0.15) is 0 Å². The number of hydrogen-bond donors (Lipinski definition) is 1. The van der Waals surface area contributed by atoms with Crippen LogP contribution in [-0.4, -0.2) is 21.8 Å². The average Bonchev–Trinajstić information content (AvgIpc) is 2.26. The minimum atomic E-state index is -1.97. The molecule has 0 radical (unpaired) electrons. The van der Waals surface area contributed by atoms with Gasteiger partial charge in [0.2, 0.25) is 0 Å². The van der Waals surface area contributed by atoms with Crippen LogP contribution in [0.25, 0.3) is 0 Å². The summed E-state index contributed by atoms with van der Waals surface area (Å²) >= 11 is -1.97. The van der Waals surface area contributed by atoms with E-state index >= 15 is 0 Å². The Morgan fingerprint density at radius 3 is 2.50 bits per heavy atom. The van der Waals surface area contributed by atoms with Gasteiger partial charge < -0.3 is 0 Å². The number of carboxylic acid groups (broad SMARTS) is 1. The van der Waals surface area contributed by atoms with Gasteiger partial charge in [0, 0.05) is 0 Å². The maximum atomic E-state index is 11.1. The van der Waals surface area contributed by atoms with Crippen LogP contribution in [0.1, 0.15) is 19.4 Å². The molecule has 0 amide bonds. The summed E-state index contributed by atoms with van der Waals surface area (Å²) < 4.78 is 7.28. The quantitative estimate of drug-likeness (QED) is 0.801.